The predicted molar refractivity (Wildman–Crippen MR) is 123 cm³/mol. The summed E-state index contributed by atoms with van der Waals surface area (Å²) in [6, 6.07) is 16.1. The summed E-state index contributed by atoms with van der Waals surface area (Å²) in [5, 5.41) is 0.533. The molecule has 158 valence electrons. The first-order valence-corrected chi connectivity index (χ1v) is 13.3. The highest BCUT2D eigenvalue weighted by atomic mass is 35.5. The van der Waals surface area contributed by atoms with E-state index in [0.717, 1.165) is 4.90 Å². The minimum atomic E-state index is -3.93. The van der Waals surface area contributed by atoms with Crippen molar-refractivity contribution in [3.8, 4) is 0 Å². The third-order valence-corrected chi connectivity index (χ3v) is 8.03. The lowest BCUT2D eigenvalue weighted by Crippen LogP contribution is -2.14. The minimum absolute atomic E-state index is 0.0548. The van der Waals surface area contributed by atoms with E-state index in [9.17, 15) is 16.8 Å². The van der Waals surface area contributed by atoms with Crippen molar-refractivity contribution in [1.82, 2.24) is 0 Å². The van der Waals surface area contributed by atoms with Gasteiger partial charge in [0.15, 0.2) is 0 Å². The average Bonchev–Trinajstić information content (AvgIpc) is 2.70. The van der Waals surface area contributed by atoms with Crippen LogP contribution in [-0.4, -0.2) is 23.1 Å². The van der Waals surface area contributed by atoms with Crippen LogP contribution in [0.25, 0.3) is 0 Å². The number of thioether (sulfide) groups is 1. The van der Waals surface area contributed by atoms with Gasteiger partial charge in [-0.1, -0.05) is 23.2 Å². The van der Waals surface area contributed by atoms with Gasteiger partial charge >= 0.3 is 0 Å². The number of hydrogen-bond donors (Lipinski definition) is 2. The van der Waals surface area contributed by atoms with E-state index in [2.05, 4.69) is 9.44 Å². The molecule has 0 saturated heterocycles. The Balaban J connectivity index is 1.78. The summed E-state index contributed by atoms with van der Waals surface area (Å²) in [6.45, 7) is 0. The highest BCUT2D eigenvalue weighted by Crippen LogP contribution is 2.28. The molecule has 30 heavy (non-hydrogen) atoms. The van der Waals surface area contributed by atoms with Gasteiger partial charge in [-0.25, -0.2) is 16.8 Å². The van der Waals surface area contributed by atoms with Gasteiger partial charge in [-0.3, -0.25) is 9.44 Å². The van der Waals surface area contributed by atoms with E-state index < -0.39 is 20.0 Å². The molecule has 0 aromatic heterocycles. The van der Waals surface area contributed by atoms with Gasteiger partial charge in [0, 0.05) is 15.6 Å². The normalized spacial score (nSPS) is 11.8. The number of halogens is 2. The number of rotatable bonds is 7. The third-order valence-electron chi connectivity index (χ3n) is 3.96. The fourth-order valence-corrected chi connectivity index (χ4v) is 5.51. The highest BCUT2D eigenvalue weighted by Gasteiger charge is 2.18. The van der Waals surface area contributed by atoms with E-state index in [1.165, 1.54) is 66.4 Å². The van der Waals surface area contributed by atoms with Crippen molar-refractivity contribution in [2.75, 3.05) is 15.7 Å². The van der Waals surface area contributed by atoms with Crippen LogP contribution >= 0.6 is 35.0 Å². The number of benzene rings is 3. The molecule has 0 amide bonds. The molecule has 0 aliphatic heterocycles. The molecule has 0 fully saturated rings. The molecule has 0 spiro atoms. The highest BCUT2D eigenvalue weighted by molar-refractivity contribution is 7.98. The molecule has 0 aliphatic carbocycles. The maximum atomic E-state index is 12.6. The lowest BCUT2D eigenvalue weighted by molar-refractivity contribution is 0.600. The summed E-state index contributed by atoms with van der Waals surface area (Å²) < 4.78 is 55.0. The van der Waals surface area contributed by atoms with Crippen molar-refractivity contribution in [1.29, 1.82) is 0 Å². The fourth-order valence-electron chi connectivity index (χ4n) is 2.45. The summed E-state index contributed by atoms with van der Waals surface area (Å²) in [5.74, 6) is 0. The van der Waals surface area contributed by atoms with Crippen LogP contribution in [0.15, 0.2) is 81.4 Å². The van der Waals surface area contributed by atoms with Gasteiger partial charge in [-0.15, -0.1) is 11.8 Å². The Kier molecular flexibility index (Phi) is 6.88. The van der Waals surface area contributed by atoms with E-state index in [1.807, 2.05) is 6.26 Å². The van der Waals surface area contributed by atoms with Gasteiger partial charge in [-0.05, 0) is 73.0 Å². The van der Waals surface area contributed by atoms with E-state index in [-0.39, 0.29) is 26.2 Å². The topological polar surface area (TPSA) is 92.3 Å². The second-order valence-corrected chi connectivity index (χ2v) is 11.1. The molecule has 3 rings (SSSR count). The summed E-state index contributed by atoms with van der Waals surface area (Å²) in [5.41, 5.74) is 0.409. The molecular weight excluding hydrogens is 487 g/mol. The molecule has 3 aromatic rings. The van der Waals surface area contributed by atoms with Crippen LogP contribution in [0.1, 0.15) is 0 Å². The van der Waals surface area contributed by atoms with Crippen LogP contribution in [0.2, 0.25) is 10.0 Å². The van der Waals surface area contributed by atoms with E-state index in [1.54, 1.807) is 12.1 Å². The molecule has 3 aromatic carbocycles. The summed E-state index contributed by atoms with van der Waals surface area (Å²) in [4.78, 5) is 0.994. The van der Waals surface area contributed by atoms with Crippen LogP contribution in [0.4, 0.5) is 11.4 Å². The fraction of sp³-hybridized carbons (Fsp3) is 0.0526. The van der Waals surface area contributed by atoms with Crippen molar-refractivity contribution in [2.24, 2.45) is 0 Å². The lowest BCUT2D eigenvalue weighted by Gasteiger charge is -2.11. The molecule has 2 N–H and O–H groups in total. The Hall–Kier alpha value is -1.91. The van der Waals surface area contributed by atoms with Gasteiger partial charge in [0.1, 0.15) is 0 Å². The molecule has 6 nitrogen and oxygen atoms in total. The largest absolute Gasteiger partial charge is 0.280 e. The molecule has 11 heteroatoms. The number of sulfonamides is 2. The Bertz CT molecular complexity index is 1260. The van der Waals surface area contributed by atoms with Gasteiger partial charge in [0.25, 0.3) is 20.0 Å². The predicted octanol–water partition coefficient (Wildman–Crippen LogP) is 5.32. The summed E-state index contributed by atoms with van der Waals surface area (Å²) in [6.07, 6.45) is 1.90. The summed E-state index contributed by atoms with van der Waals surface area (Å²) in [7, 11) is -7.73. The molecule has 0 unspecified atom stereocenters. The number of nitrogens with one attached hydrogen (secondary N) is 2. The standard InChI is InChI=1S/C19H16Cl2N2O4S3/c1-28-15-5-9-17(10-6-15)29(24,25)22-14-3-7-16(8-4-14)30(26,27)23-19-11-2-13(20)12-18(19)21/h2-12,22-23H,1H3. The molecule has 0 bridgehead atoms. The van der Waals surface area contributed by atoms with Gasteiger partial charge < -0.3 is 0 Å². The van der Waals surface area contributed by atoms with Crippen LogP contribution in [0.3, 0.4) is 0 Å². The van der Waals surface area contributed by atoms with E-state index in [4.69, 9.17) is 23.2 Å². The molecule has 0 heterocycles. The van der Waals surface area contributed by atoms with Crippen LogP contribution in [0.5, 0.6) is 0 Å². The monoisotopic (exact) mass is 502 g/mol. The maximum absolute atomic E-state index is 12.6. The number of hydrogen-bond acceptors (Lipinski definition) is 5. The first-order valence-electron chi connectivity index (χ1n) is 8.35. The molecule has 0 radical (unpaired) electrons. The zero-order chi connectivity index (χ0) is 21.9. The number of anilines is 2. The smallest absolute Gasteiger partial charge is 0.261 e. The van der Waals surface area contributed by atoms with Crippen molar-refractivity contribution in [3.05, 3.63) is 76.8 Å². The van der Waals surface area contributed by atoms with E-state index >= 15 is 0 Å². The van der Waals surface area contributed by atoms with Gasteiger partial charge in [-0.2, -0.15) is 0 Å². The van der Waals surface area contributed by atoms with Gasteiger partial charge in [0.05, 0.1) is 20.5 Å². The quantitative estimate of drug-likeness (QED) is 0.426. The molecular formula is C19H16Cl2N2O4S3. The lowest BCUT2D eigenvalue weighted by atomic mass is 10.3. The second kappa shape index (κ2) is 9.07. The Labute approximate surface area is 189 Å². The van der Waals surface area contributed by atoms with Crippen molar-refractivity contribution in [3.63, 3.8) is 0 Å². The van der Waals surface area contributed by atoms with Crippen molar-refractivity contribution >= 4 is 66.4 Å². The van der Waals surface area contributed by atoms with Crippen LogP contribution in [0, 0.1) is 0 Å². The maximum Gasteiger partial charge on any atom is 0.261 e. The molecule has 0 saturated carbocycles. The van der Waals surface area contributed by atoms with Crippen LogP contribution < -0.4 is 9.44 Å². The van der Waals surface area contributed by atoms with E-state index in [0.29, 0.717) is 5.02 Å². The minimum Gasteiger partial charge on any atom is -0.280 e. The molecule has 0 atom stereocenters. The SMILES string of the molecule is CSc1ccc(S(=O)(=O)Nc2ccc(S(=O)(=O)Nc3ccc(Cl)cc3Cl)cc2)cc1. The molecule has 0 aliphatic rings. The Morgan fingerprint density at radius 1 is 0.733 bits per heavy atom. The van der Waals surface area contributed by atoms with Crippen LogP contribution in [-0.2, 0) is 20.0 Å². The third kappa shape index (κ3) is 5.41. The second-order valence-electron chi connectivity index (χ2n) is 6.04. The summed E-state index contributed by atoms with van der Waals surface area (Å²) >= 11 is 13.3. The average molecular weight is 503 g/mol. The zero-order valence-corrected chi connectivity index (χ0v) is 19.4. The Morgan fingerprint density at radius 2 is 1.27 bits per heavy atom. The van der Waals surface area contributed by atoms with Crippen molar-refractivity contribution in [2.45, 2.75) is 14.7 Å². The first-order chi connectivity index (χ1) is 14.1. The van der Waals surface area contributed by atoms with Crippen molar-refractivity contribution < 1.29 is 16.8 Å². The zero-order valence-electron chi connectivity index (χ0n) is 15.5. The first kappa shape index (κ1) is 22.8. The Morgan fingerprint density at radius 3 is 1.80 bits per heavy atom. The van der Waals surface area contributed by atoms with Gasteiger partial charge in [0.2, 0.25) is 0 Å².